The fourth-order valence-electron chi connectivity index (χ4n) is 1.98. The Morgan fingerprint density at radius 2 is 1.82 bits per heavy atom. The van der Waals surface area contributed by atoms with E-state index >= 15 is 0 Å². The first-order chi connectivity index (χ1) is 10.6. The molecule has 2 rings (SSSR count). The van der Waals surface area contributed by atoms with Gasteiger partial charge < -0.3 is 14.2 Å². The molecule has 2 amide bonds. The first kappa shape index (κ1) is 15.6. The van der Waals surface area contributed by atoms with Crippen LogP contribution in [0.5, 0.6) is 0 Å². The van der Waals surface area contributed by atoms with Crippen molar-refractivity contribution in [1.29, 1.82) is 0 Å². The molecule has 1 aliphatic rings. The molecule has 0 bridgehead atoms. The third kappa shape index (κ3) is 2.93. The van der Waals surface area contributed by atoms with Gasteiger partial charge in [-0.2, -0.15) is 0 Å². The highest BCUT2D eigenvalue weighted by molar-refractivity contribution is 6.38. The van der Waals surface area contributed by atoms with E-state index in [2.05, 4.69) is 4.74 Å². The quantitative estimate of drug-likeness (QED) is 0.485. The minimum atomic E-state index is -0.921. The predicted molar refractivity (Wildman–Crippen MR) is 77.0 cm³/mol. The topological polar surface area (TPSA) is 82.1 Å². The average molecular weight is 305 g/mol. The molecule has 1 aromatic carbocycles. The lowest BCUT2D eigenvalue weighted by Crippen LogP contribution is -2.34. The molecule has 1 heterocycles. The van der Waals surface area contributed by atoms with Crippen LogP contribution in [0, 0.1) is 0 Å². The van der Waals surface area contributed by atoms with Crippen molar-refractivity contribution in [2.75, 3.05) is 18.1 Å². The van der Waals surface area contributed by atoms with Crippen LogP contribution in [0.3, 0.4) is 0 Å². The molecule has 1 aliphatic heterocycles. The minimum absolute atomic E-state index is 0.0803. The second kappa shape index (κ2) is 6.75. The van der Waals surface area contributed by atoms with Crippen molar-refractivity contribution in [2.45, 2.75) is 13.8 Å². The van der Waals surface area contributed by atoms with Gasteiger partial charge >= 0.3 is 12.2 Å². The lowest BCUT2D eigenvalue weighted by Gasteiger charge is -2.13. The Bertz CT molecular complexity index is 637. The number of carbonyl (C=O) groups is 3. The summed E-state index contributed by atoms with van der Waals surface area (Å²) >= 11 is 0. The van der Waals surface area contributed by atoms with Crippen LogP contribution in [0.1, 0.15) is 19.4 Å². The van der Waals surface area contributed by atoms with Gasteiger partial charge in [-0.25, -0.2) is 14.5 Å². The van der Waals surface area contributed by atoms with Crippen LogP contribution >= 0.6 is 0 Å². The molecule has 0 saturated heterocycles. The maximum Gasteiger partial charge on any atom is 0.513 e. The Morgan fingerprint density at radius 1 is 1.14 bits per heavy atom. The summed E-state index contributed by atoms with van der Waals surface area (Å²) in [5.74, 6) is -0.621. The van der Waals surface area contributed by atoms with E-state index in [9.17, 15) is 14.4 Å². The van der Waals surface area contributed by atoms with Crippen LogP contribution in [0.2, 0.25) is 0 Å². The molecule has 7 nitrogen and oxygen atoms in total. The molecule has 0 spiro atoms. The normalized spacial score (nSPS) is 14.7. The van der Waals surface area contributed by atoms with Gasteiger partial charge in [-0.1, -0.05) is 18.2 Å². The number of fused-ring (bicyclic) bond motifs is 1. The van der Waals surface area contributed by atoms with Gasteiger partial charge in [0.15, 0.2) is 0 Å². The average Bonchev–Trinajstić information content (AvgIpc) is 2.77. The maximum absolute atomic E-state index is 12.4. The molecular formula is C15H15NO6. The summed E-state index contributed by atoms with van der Waals surface area (Å²) in [7, 11) is 0. The highest BCUT2D eigenvalue weighted by atomic mass is 16.7. The van der Waals surface area contributed by atoms with Gasteiger partial charge in [0.2, 0.25) is 0 Å². The standard InChI is InChI=1S/C15H15NO6/c1-3-20-14(18)16-12-8-6-5-7-10(12)11(13(16)17)9-22-15(19)21-4-2/h5-9H,3-4H2,1-2H3/b11-9+. The minimum Gasteiger partial charge on any atom is -0.449 e. The molecule has 1 aromatic rings. The number of nitrogens with zero attached hydrogens (tertiary/aromatic N) is 1. The van der Waals surface area contributed by atoms with Crippen molar-refractivity contribution in [1.82, 2.24) is 0 Å². The van der Waals surface area contributed by atoms with E-state index in [-0.39, 0.29) is 18.8 Å². The van der Waals surface area contributed by atoms with E-state index in [0.717, 1.165) is 11.2 Å². The number of hydrogen-bond donors (Lipinski definition) is 0. The fraction of sp³-hybridized carbons (Fsp3) is 0.267. The summed E-state index contributed by atoms with van der Waals surface area (Å²) in [4.78, 5) is 36.4. The van der Waals surface area contributed by atoms with Crippen molar-refractivity contribution in [3.05, 3.63) is 36.1 Å². The summed E-state index contributed by atoms with van der Waals surface area (Å²) in [5, 5.41) is 0. The van der Waals surface area contributed by atoms with Crippen molar-refractivity contribution >= 4 is 29.4 Å². The Kier molecular flexibility index (Phi) is 4.77. The SMILES string of the molecule is CCOC(=O)O/C=C1/C(=O)N(C(=O)OCC)c2ccccc21. The van der Waals surface area contributed by atoms with Crippen molar-refractivity contribution in [2.24, 2.45) is 0 Å². The first-order valence-corrected chi connectivity index (χ1v) is 6.74. The van der Waals surface area contributed by atoms with Gasteiger partial charge in [0.1, 0.15) is 6.26 Å². The maximum atomic E-state index is 12.4. The summed E-state index contributed by atoms with van der Waals surface area (Å²) in [6.45, 7) is 3.57. The zero-order valence-corrected chi connectivity index (χ0v) is 12.2. The van der Waals surface area contributed by atoms with Crippen LogP contribution in [0.25, 0.3) is 5.57 Å². The highest BCUT2D eigenvalue weighted by Gasteiger charge is 2.38. The molecule has 116 valence electrons. The van der Waals surface area contributed by atoms with Crippen molar-refractivity contribution in [3.63, 3.8) is 0 Å². The van der Waals surface area contributed by atoms with Crippen LogP contribution in [0.4, 0.5) is 15.3 Å². The number of benzene rings is 1. The number of amides is 2. The number of hydrogen-bond acceptors (Lipinski definition) is 6. The van der Waals surface area contributed by atoms with Crippen molar-refractivity contribution in [3.8, 4) is 0 Å². The fourth-order valence-corrected chi connectivity index (χ4v) is 1.98. The van der Waals surface area contributed by atoms with E-state index in [1.165, 1.54) is 0 Å². The van der Waals surface area contributed by atoms with Crippen LogP contribution in [-0.2, 0) is 19.0 Å². The number of imide groups is 1. The van der Waals surface area contributed by atoms with Crippen LogP contribution in [0.15, 0.2) is 30.5 Å². The Balaban J connectivity index is 2.33. The molecule has 0 unspecified atom stereocenters. The zero-order chi connectivity index (χ0) is 16.1. The van der Waals surface area contributed by atoms with Gasteiger partial charge in [0.05, 0.1) is 24.5 Å². The molecule has 0 aromatic heterocycles. The Hall–Kier alpha value is -2.83. The lowest BCUT2D eigenvalue weighted by molar-refractivity contribution is -0.112. The summed E-state index contributed by atoms with van der Waals surface area (Å²) in [6, 6.07) is 6.65. The predicted octanol–water partition coefficient (Wildman–Crippen LogP) is 2.70. The van der Waals surface area contributed by atoms with Gasteiger partial charge in [0, 0.05) is 5.56 Å². The number of para-hydroxylation sites is 1. The van der Waals surface area contributed by atoms with Gasteiger partial charge in [-0.05, 0) is 19.9 Å². The smallest absolute Gasteiger partial charge is 0.449 e. The summed E-state index contributed by atoms with van der Waals surface area (Å²) in [5.41, 5.74) is 0.936. The van der Waals surface area contributed by atoms with E-state index < -0.39 is 18.2 Å². The molecule has 0 aliphatic carbocycles. The summed E-state index contributed by atoms with van der Waals surface area (Å²) in [6.07, 6.45) is -0.715. The second-order valence-corrected chi connectivity index (χ2v) is 4.19. The molecule has 7 heteroatoms. The van der Waals surface area contributed by atoms with E-state index in [4.69, 9.17) is 9.47 Å². The van der Waals surface area contributed by atoms with Gasteiger partial charge in [0.25, 0.3) is 5.91 Å². The number of carbonyl (C=O) groups excluding carboxylic acids is 3. The lowest BCUT2D eigenvalue weighted by atomic mass is 10.1. The Labute approximate surface area is 127 Å². The van der Waals surface area contributed by atoms with Gasteiger partial charge in [-0.15, -0.1) is 0 Å². The van der Waals surface area contributed by atoms with Crippen LogP contribution in [-0.4, -0.2) is 31.4 Å². The molecular weight excluding hydrogens is 290 g/mol. The van der Waals surface area contributed by atoms with Gasteiger partial charge in [-0.3, -0.25) is 4.79 Å². The largest absolute Gasteiger partial charge is 0.513 e. The molecule has 0 saturated carbocycles. The van der Waals surface area contributed by atoms with Crippen molar-refractivity contribution < 1.29 is 28.6 Å². The zero-order valence-electron chi connectivity index (χ0n) is 12.2. The third-order valence-corrected chi connectivity index (χ3v) is 2.85. The molecule has 0 N–H and O–H groups in total. The third-order valence-electron chi connectivity index (χ3n) is 2.85. The molecule has 0 atom stereocenters. The van der Waals surface area contributed by atoms with E-state index in [0.29, 0.717) is 11.3 Å². The summed E-state index contributed by atoms with van der Waals surface area (Å²) < 4.78 is 14.2. The van der Waals surface area contributed by atoms with E-state index in [1.807, 2.05) is 0 Å². The monoisotopic (exact) mass is 305 g/mol. The molecule has 0 radical (unpaired) electrons. The first-order valence-electron chi connectivity index (χ1n) is 6.74. The molecule has 0 fully saturated rings. The number of rotatable bonds is 3. The number of ether oxygens (including phenoxy) is 3. The Morgan fingerprint density at radius 3 is 2.50 bits per heavy atom. The van der Waals surface area contributed by atoms with Crippen LogP contribution < -0.4 is 4.90 Å². The molecule has 22 heavy (non-hydrogen) atoms. The van der Waals surface area contributed by atoms with E-state index in [1.54, 1.807) is 38.1 Å². The second-order valence-electron chi connectivity index (χ2n) is 4.19. The number of anilines is 1. The highest BCUT2D eigenvalue weighted by Crippen LogP contribution is 2.36.